The van der Waals surface area contributed by atoms with Gasteiger partial charge in [0.15, 0.2) is 0 Å². The number of aryl methyl sites for hydroxylation is 1. The molecule has 4 aromatic rings. The zero-order chi connectivity index (χ0) is 20.0. The normalized spacial score (nSPS) is 21.2. The van der Waals surface area contributed by atoms with E-state index in [4.69, 9.17) is 0 Å². The minimum Gasteiger partial charge on any atom is -0.207 e. The molecule has 4 aromatic carbocycles. The summed E-state index contributed by atoms with van der Waals surface area (Å²) in [5.74, 6) is 0. The smallest absolute Gasteiger partial charge is 0.207 e. The quantitative estimate of drug-likeness (QED) is 0.417. The van der Waals surface area contributed by atoms with Crippen molar-refractivity contribution >= 4 is 20.8 Å². The number of sulfonamides is 1. The molecule has 3 atom stereocenters. The molecule has 1 saturated heterocycles. The molecule has 0 aromatic heterocycles. The van der Waals surface area contributed by atoms with Crippen molar-refractivity contribution in [2.45, 2.75) is 23.9 Å². The van der Waals surface area contributed by atoms with Crippen molar-refractivity contribution in [3.8, 4) is 0 Å². The fourth-order valence-corrected chi connectivity index (χ4v) is 5.87. The Morgan fingerprint density at radius 1 is 0.690 bits per heavy atom. The Balaban J connectivity index is 1.65. The predicted molar refractivity (Wildman–Crippen MR) is 116 cm³/mol. The molecule has 1 fully saturated rings. The summed E-state index contributed by atoms with van der Waals surface area (Å²) >= 11 is 0. The Morgan fingerprint density at radius 3 is 2.10 bits per heavy atom. The summed E-state index contributed by atoms with van der Waals surface area (Å²) in [6, 6.07) is 30.9. The summed E-state index contributed by atoms with van der Waals surface area (Å²) in [5, 5.41) is 2.22. The molecule has 0 spiro atoms. The molecule has 0 amide bonds. The molecule has 0 radical (unpaired) electrons. The largest absolute Gasteiger partial charge is 0.244 e. The van der Waals surface area contributed by atoms with E-state index in [1.807, 2.05) is 73.7 Å². The van der Waals surface area contributed by atoms with Gasteiger partial charge >= 0.3 is 0 Å². The lowest BCUT2D eigenvalue weighted by molar-refractivity contribution is 0.547. The van der Waals surface area contributed by atoms with Gasteiger partial charge in [-0.15, -0.1) is 0 Å². The molecule has 0 saturated carbocycles. The highest BCUT2D eigenvalue weighted by atomic mass is 32.2. The van der Waals surface area contributed by atoms with Gasteiger partial charge in [-0.1, -0.05) is 90.5 Å². The molecule has 3 nitrogen and oxygen atoms in total. The van der Waals surface area contributed by atoms with Crippen LogP contribution in [0.5, 0.6) is 0 Å². The van der Waals surface area contributed by atoms with Crippen LogP contribution in [0, 0.1) is 6.92 Å². The molecule has 1 aliphatic rings. The molecular weight excluding hydrogens is 378 g/mol. The van der Waals surface area contributed by atoms with Crippen molar-refractivity contribution in [3.63, 3.8) is 0 Å². The fraction of sp³-hybridized carbons (Fsp3) is 0.120. The topological polar surface area (TPSA) is 37.1 Å². The summed E-state index contributed by atoms with van der Waals surface area (Å²) < 4.78 is 28.7. The second-order valence-electron chi connectivity index (χ2n) is 7.52. The summed E-state index contributed by atoms with van der Waals surface area (Å²) in [6.07, 6.45) is 0. The first kappa shape index (κ1) is 18.1. The van der Waals surface area contributed by atoms with Crippen LogP contribution < -0.4 is 0 Å². The van der Waals surface area contributed by atoms with Crippen LogP contribution in [0.25, 0.3) is 10.8 Å². The zero-order valence-corrected chi connectivity index (χ0v) is 16.9. The van der Waals surface area contributed by atoms with Crippen LogP contribution in [0.3, 0.4) is 0 Å². The summed E-state index contributed by atoms with van der Waals surface area (Å²) in [4.78, 5) is 0.340. The van der Waals surface area contributed by atoms with E-state index >= 15 is 0 Å². The van der Waals surface area contributed by atoms with Gasteiger partial charge in [0.05, 0.1) is 17.0 Å². The van der Waals surface area contributed by atoms with Gasteiger partial charge in [-0.2, -0.15) is 4.31 Å². The summed E-state index contributed by atoms with van der Waals surface area (Å²) in [6.45, 7) is 1.96. The molecule has 144 valence electrons. The number of hydrogen-bond donors (Lipinski definition) is 0. The van der Waals surface area contributed by atoms with E-state index < -0.39 is 10.0 Å². The van der Waals surface area contributed by atoms with Crippen LogP contribution in [0.15, 0.2) is 102 Å². The molecule has 1 aliphatic heterocycles. The molecule has 0 N–H and O–H groups in total. The maximum atomic E-state index is 13.5. The first-order valence-corrected chi connectivity index (χ1v) is 11.1. The minimum absolute atomic E-state index is 0.201. The second kappa shape index (κ2) is 6.83. The molecule has 1 unspecified atom stereocenters. The second-order valence-corrected chi connectivity index (χ2v) is 9.36. The highest BCUT2D eigenvalue weighted by Crippen LogP contribution is 2.58. The van der Waals surface area contributed by atoms with E-state index in [0.717, 1.165) is 27.5 Å². The van der Waals surface area contributed by atoms with E-state index in [-0.39, 0.29) is 12.1 Å². The molecule has 0 bridgehead atoms. The van der Waals surface area contributed by atoms with Crippen LogP contribution in [0.1, 0.15) is 28.8 Å². The van der Waals surface area contributed by atoms with Crippen molar-refractivity contribution < 1.29 is 8.42 Å². The zero-order valence-electron chi connectivity index (χ0n) is 16.1. The minimum atomic E-state index is -3.61. The lowest BCUT2D eigenvalue weighted by atomic mass is 9.99. The van der Waals surface area contributed by atoms with E-state index in [1.165, 1.54) is 0 Å². The average Bonchev–Trinajstić information content (AvgIpc) is 3.51. The van der Waals surface area contributed by atoms with Gasteiger partial charge in [-0.05, 0) is 41.0 Å². The number of benzene rings is 4. The Kier molecular flexibility index (Phi) is 4.26. The maximum Gasteiger partial charge on any atom is 0.244 e. The number of nitrogens with zero attached hydrogens (tertiary/aromatic N) is 1. The first-order valence-electron chi connectivity index (χ1n) is 9.70. The van der Waals surface area contributed by atoms with Gasteiger partial charge in [0, 0.05) is 0 Å². The van der Waals surface area contributed by atoms with Crippen LogP contribution in [-0.4, -0.2) is 12.7 Å². The number of rotatable bonds is 4. The van der Waals surface area contributed by atoms with Gasteiger partial charge in [-0.3, -0.25) is 0 Å². The molecule has 29 heavy (non-hydrogen) atoms. The number of fused-ring (bicyclic) bond motifs is 1. The molecule has 5 rings (SSSR count). The SMILES string of the molecule is Cc1ccc(S(=O)(=O)N2[C@H](c3ccccc3)[C@H]2c2cccc3ccccc23)cc1. The van der Waals surface area contributed by atoms with Crippen LogP contribution >= 0.6 is 0 Å². The highest BCUT2D eigenvalue weighted by molar-refractivity contribution is 7.89. The predicted octanol–water partition coefficient (Wildman–Crippen LogP) is 5.64. The Labute approximate surface area is 171 Å². The molecular formula is C25H21NO2S. The van der Waals surface area contributed by atoms with Gasteiger partial charge in [-0.25, -0.2) is 8.42 Å². The molecule has 4 heteroatoms. The van der Waals surface area contributed by atoms with Gasteiger partial charge in [0.25, 0.3) is 0 Å². The van der Waals surface area contributed by atoms with Gasteiger partial charge in [0.2, 0.25) is 10.0 Å². The average molecular weight is 400 g/mol. The molecule has 1 heterocycles. The van der Waals surface area contributed by atoms with E-state index in [2.05, 4.69) is 18.2 Å². The highest BCUT2D eigenvalue weighted by Gasteiger charge is 2.57. The van der Waals surface area contributed by atoms with E-state index in [1.54, 1.807) is 16.4 Å². The van der Waals surface area contributed by atoms with Crippen LogP contribution in [-0.2, 0) is 10.0 Å². The van der Waals surface area contributed by atoms with Crippen molar-refractivity contribution in [2.75, 3.05) is 0 Å². The summed E-state index contributed by atoms with van der Waals surface area (Å²) in [7, 11) is -3.61. The van der Waals surface area contributed by atoms with Crippen molar-refractivity contribution in [2.24, 2.45) is 0 Å². The first-order chi connectivity index (χ1) is 14.1. The standard InChI is InChI=1S/C25H21NO2S/c1-18-14-16-21(17-15-18)29(27,28)26-24(20-9-3-2-4-10-20)25(26)23-13-7-11-19-8-5-6-12-22(19)23/h2-17,24-25H,1H3/t24-,25-,26?/m1/s1. The summed E-state index contributed by atoms with van der Waals surface area (Å²) in [5.41, 5.74) is 3.11. The van der Waals surface area contributed by atoms with Crippen LogP contribution in [0.4, 0.5) is 0 Å². The van der Waals surface area contributed by atoms with Crippen molar-refractivity contribution in [3.05, 3.63) is 114 Å². The molecule has 0 aliphatic carbocycles. The van der Waals surface area contributed by atoms with Crippen LogP contribution in [0.2, 0.25) is 0 Å². The third kappa shape index (κ3) is 3.05. The lowest BCUT2D eigenvalue weighted by Crippen LogP contribution is -2.13. The van der Waals surface area contributed by atoms with Crippen molar-refractivity contribution in [1.82, 2.24) is 4.31 Å². The maximum absolute atomic E-state index is 13.5. The Morgan fingerprint density at radius 2 is 1.34 bits per heavy atom. The van der Waals surface area contributed by atoms with E-state index in [0.29, 0.717) is 4.90 Å². The fourth-order valence-electron chi connectivity index (χ4n) is 4.14. The van der Waals surface area contributed by atoms with E-state index in [9.17, 15) is 8.42 Å². The third-order valence-electron chi connectivity index (χ3n) is 5.64. The Hall–Kier alpha value is -2.95. The van der Waals surface area contributed by atoms with Gasteiger partial charge < -0.3 is 0 Å². The monoisotopic (exact) mass is 399 g/mol. The van der Waals surface area contributed by atoms with Gasteiger partial charge in [0.1, 0.15) is 0 Å². The Bertz CT molecular complexity index is 1280. The van der Waals surface area contributed by atoms with Crippen molar-refractivity contribution in [1.29, 1.82) is 0 Å². The lowest BCUT2D eigenvalue weighted by Gasteiger charge is -2.09. The number of hydrogen-bond acceptors (Lipinski definition) is 2. The third-order valence-corrected chi connectivity index (χ3v) is 7.51.